The first-order chi connectivity index (χ1) is 26.4. The number of rotatable bonds is 8. The average Bonchev–Trinajstić information content (AvgIpc) is 3.92. The van der Waals surface area contributed by atoms with Crippen molar-refractivity contribution < 1.29 is 19.1 Å². The Bertz CT molecular complexity index is 1990. The molecule has 2 amide bonds. The molecular formula is C38H36BrIN10O4. The fourth-order valence-corrected chi connectivity index (χ4v) is 6.22. The summed E-state index contributed by atoms with van der Waals surface area (Å²) in [7, 11) is 0. The summed E-state index contributed by atoms with van der Waals surface area (Å²) in [5, 5.41) is 20.8. The number of carbonyl (C=O) groups is 2. The highest BCUT2D eigenvalue weighted by atomic mass is 127. The standard InChI is InChI=1S/C19H18BrN5O2.C19H18IN5O2/c2*20-15-3-6-18(22-10-15)25-12-14(9-23-25)19(26)24-16-4-1-13(2-5-16)17-11-21-7-8-27-17/h2*1-6,9-10,12,17,21H,7-8,11H2,(H,24,26)/t2*17-/m11/s1. The smallest absolute Gasteiger partial charge is 0.258 e. The molecule has 2 aromatic carbocycles. The molecule has 0 radical (unpaired) electrons. The number of nitrogens with zero attached hydrogens (tertiary/aromatic N) is 6. The minimum absolute atomic E-state index is 0.0557. The number of anilines is 2. The van der Waals surface area contributed by atoms with Gasteiger partial charge in [-0.25, -0.2) is 19.3 Å². The van der Waals surface area contributed by atoms with Crippen molar-refractivity contribution in [2.24, 2.45) is 0 Å². The van der Waals surface area contributed by atoms with Gasteiger partial charge in [0.05, 0.1) is 48.9 Å². The lowest BCUT2D eigenvalue weighted by molar-refractivity contribution is 0.0276. The van der Waals surface area contributed by atoms with Gasteiger partial charge in [0.2, 0.25) is 0 Å². The molecule has 0 saturated carbocycles. The van der Waals surface area contributed by atoms with Crippen LogP contribution < -0.4 is 21.3 Å². The van der Waals surface area contributed by atoms with Crippen molar-refractivity contribution in [3.63, 3.8) is 0 Å². The highest BCUT2D eigenvalue weighted by Crippen LogP contribution is 2.23. The molecule has 0 unspecified atom stereocenters. The highest BCUT2D eigenvalue weighted by Gasteiger charge is 2.18. The van der Waals surface area contributed by atoms with Gasteiger partial charge in [0.1, 0.15) is 0 Å². The van der Waals surface area contributed by atoms with Gasteiger partial charge in [0.25, 0.3) is 11.8 Å². The van der Waals surface area contributed by atoms with Crippen LogP contribution in [0.15, 0.2) is 114 Å². The second kappa shape index (κ2) is 18.0. The number of nitrogens with one attached hydrogen (secondary N) is 4. The normalized spacial score (nSPS) is 16.9. The molecule has 4 aromatic heterocycles. The number of pyridine rings is 2. The highest BCUT2D eigenvalue weighted by molar-refractivity contribution is 14.1. The van der Waals surface area contributed by atoms with Crippen LogP contribution in [0.5, 0.6) is 0 Å². The molecule has 0 aliphatic carbocycles. The Morgan fingerprint density at radius 2 is 1.15 bits per heavy atom. The minimum atomic E-state index is -0.221. The predicted octanol–water partition coefficient (Wildman–Crippen LogP) is 5.73. The zero-order chi connectivity index (χ0) is 37.3. The summed E-state index contributed by atoms with van der Waals surface area (Å²) >= 11 is 5.54. The van der Waals surface area contributed by atoms with Crippen LogP contribution >= 0.6 is 38.5 Å². The topological polar surface area (TPSA) is 162 Å². The Hall–Kier alpha value is -4.85. The van der Waals surface area contributed by atoms with Gasteiger partial charge in [-0.15, -0.1) is 0 Å². The quantitative estimate of drug-likeness (QED) is 0.139. The van der Waals surface area contributed by atoms with E-state index in [1.54, 1.807) is 34.2 Å². The first-order valence-electron chi connectivity index (χ1n) is 17.2. The van der Waals surface area contributed by atoms with Crippen molar-refractivity contribution in [2.75, 3.05) is 50.0 Å². The van der Waals surface area contributed by atoms with Gasteiger partial charge in [-0.05, 0) is 98.2 Å². The van der Waals surface area contributed by atoms with Gasteiger partial charge in [-0.2, -0.15) is 10.2 Å². The third kappa shape index (κ3) is 9.82. The van der Waals surface area contributed by atoms with Crippen LogP contribution in [0.25, 0.3) is 11.6 Å². The summed E-state index contributed by atoms with van der Waals surface area (Å²) in [5.74, 6) is 0.874. The van der Waals surface area contributed by atoms with Crippen LogP contribution in [-0.2, 0) is 9.47 Å². The SMILES string of the molecule is O=C(Nc1ccc([C@H]2CNCCO2)cc1)c1cnn(-c2ccc(Br)cn2)c1.O=C(Nc1ccc([C@H]2CNCCO2)cc1)c1cnn(-c2ccc(I)cn2)c1. The molecule has 8 rings (SSSR count). The molecule has 6 heterocycles. The van der Waals surface area contributed by atoms with Crippen molar-refractivity contribution >= 4 is 61.7 Å². The Morgan fingerprint density at radius 3 is 1.56 bits per heavy atom. The summed E-state index contributed by atoms with van der Waals surface area (Å²) in [5.41, 5.74) is 4.57. The fourth-order valence-electron chi connectivity index (χ4n) is 5.67. The zero-order valence-corrected chi connectivity index (χ0v) is 32.6. The number of ether oxygens (including phenoxy) is 2. The molecule has 276 valence electrons. The molecule has 14 nitrogen and oxygen atoms in total. The number of hydrogen-bond donors (Lipinski definition) is 4. The number of aromatic nitrogens is 6. The third-order valence-corrected chi connectivity index (χ3v) is 9.63. The van der Waals surface area contributed by atoms with E-state index in [1.165, 1.54) is 12.4 Å². The molecule has 16 heteroatoms. The molecule has 2 aliphatic rings. The summed E-state index contributed by atoms with van der Waals surface area (Å²) < 4.78 is 16.6. The van der Waals surface area contributed by atoms with Crippen LogP contribution in [-0.4, -0.2) is 80.7 Å². The van der Waals surface area contributed by atoms with E-state index in [0.717, 1.165) is 56.7 Å². The fraction of sp³-hybridized carbons (Fsp3) is 0.211. The van der Waals surface area contributed by atoms with Crippen molar-refractivity contribution in [2.45, 2.75) is 12.2 Å². The van der Waals surface area contributed by atoms with E-state index >= 15 is 0 Å². The van der Waals surface area contributed by atoms with Gasteiger partial charge >= 0.3 is 0 Å². The van der Waals surface area contributed by atoms with E-state index in [2.05, 4.69) is 80.0 Å². The molecule has 4 N–H and O–H groups in total. The maximum Gasteiger partial charge on any atom is 0.258 e. The number of carbonyl (C=O) groups excluding carboxylic acids is 2. The van der Waals surface area contributed by atoms with Gasteiger partial charge in [-0.1, -0.05) is 24.3 Å². The zero-order valence-electron chi connectivity index (χ0n) is 28.9. The first kappa shape index (κ1) is 37.5. The van der Waals surface area contributed by atoms with Crippen LogP contribution in [0.3, 0.4) is 0 Å². The minimum Gasteiger partial charge on any atom is -0.371 e. The molecule has 0 bridgehead atoms. The average molecular weight is 904 g/mol. The molecule has 2 atom stereocenters. The molecule has 2 fully saturated rings. The maximum atomic E-state index is 12.5. The van der Waals surface area contributed by atoms with Crippen molar-refractivity contribution in [1.29, 1.82) is 0 Å². The lowest BCUT2D eigenvalue weighted by Crippen LogP contribution is -2.33. The van der Waals surface area contributed by atoms with Crippen LogP contribution in [0.2, 0.25) is 0 Å². The van der Waals surface area contributed by atoms with Gasteiger partial charge in [-0.3, -0.25) is 9.59 Å². The van der Waals surface area contributed by atoms with E-state index in [-0.39, 0.29) is 24.0 Å². The molecule has 0 spiro atoms. The summed E-state index contributed by atoms with van der Waals surface area (Å²) in [4.78, 5) is 33.5. The lowest BCUT2D eigenvalue weighted by atomic mass is 10.1. The van der Waals surface area contributed by atoms with Crippen molar-refractivity contribution in [1.82, 2.24) is 40.2 Å². The summed E-state index contributed by atoms with van der Waals surface area (Å²) in [6.45, 7) is 4.79. The van der Waals surface area contributed by atoms with E-state index in [4.69, 9.17) is 9.47 Å². The number of amides is 2. The molecular weight excluding hydrogens is 867 g/mol. The molecule has 6 aromatic rings. The number of morpholine rings is 2. The first-order valence-corrected chi connectivity index (χ1v) is 19.1. The van der Waals surface area contributed by atoms with E-state index in [1.807, 2.05) is 72.8 Å². The Labute approximate surface area is 333 Å². The molecule has 2 aliphatic heterocycles. The summed E-state index contributed by atoms with van der Waals surface area (Å²) in [6.07, 6.45) is 9.93. The van der Waals surface area contributed by atoms with Crippen LogP contribution in [0.1, 0.15) is 44.1 Å². The van der Waals surface area contributed by atoms with Gasteiger partial charge < -0.3 is 30.7 Å². The largest absolute Gasteiger partial charge is 0.371 e. The third-order valence-electron chi connectivity index (χ3n) is 8.52. The van der Waals surface area contributed by atoms with Crippen molar-refractivity contribution in [3.05, 3.63) is 140 Å². The maximum absolute atomic E-state index is 12.5. The Morgan fingerprint density at radius 1 is 0.667 bits per heavy atom. The number of benzene rings is 2. The summed E-state index contributed by atoms with van der Waals surface area (Å²) in [6, 6.07) is 22.9. The van der Waals surface area contributed by atoms with Gasteiger partial charge in [0.15, 0.2) is 11.6 Å². The monoisotopic (exact) mass is 902 g/mol. The van der Waals surface area contributed by atoms with Crippen LogP contribution in [0.4, 0.5) is 11.4 Å². The second-order valence-electron chi connectivity index (χ2n) is 12.3. The van der Waals surface area contributed by atoms with Crippen molar-refractivity contribution in [3.8, 4) is 11.6 Å². The Balaban J connectivity index is 0.000000167. The molecule has 54 heavy (non-hydrogen) atoms. The number of halogens is 2. The predicted molar refractivity (Wildman–Crippen MR) is 215 cm³/mol. The van der Waals surface area contributed by atoms with Crippen LogP contribution in [0, 0.1) is 3.57 Å². The number of hydrogen-bond acceptors (Lipinski definition) is 10. The van der Waals surface area contributed by atoms with E-state index < -0.39 is 0 Å². The lowest BCUT2D eigenvalue weighted by Gasteiger charge is -2.24. The van der Waals surface area contributed by atoms with Gasteiger partial charge in [0, 0.05) is 70.4 Å². The second-order valence-corrected chi connectivity index (χ2v) is 14.5. The van der Waals surface area contributed by atoms with E-state index in [0.29, 0.717) is 36.0 Å². The molecule has 2 saturated heterocycles. The van der Waals surface area contributed by atoms with E-state index in [9.17, 15) is 9.59 Å². The Kier molecular flexibility index (Phi) is 12.5.